The highest BCUT2D eigenvalue weighted by atomic mass is 35.5. The van der Waals surface area contributed by atoms with E-state index in [9.17, 15) is 24.0 Å². The average molecular weight is 800 g/mol. The van der Waals surface area contributed by atoms with Crippen LogP contribution in [0.4, 0.5) is 17.1 Å². The molecule has 4 saturated heterocycles. The van der Waals surface area contributed by atoms with Gasteiger partial charge in [-0.05, 0) is 117 Å². The lowest BCUT2D eigenvalue weighted by Gasteiger charge is -2.54. The molecule has 7 aliphatic rings. The summed E-state index contributed by atoms with van der Waals surface area (Å²) in [5.41, 5.74) is 6.43. The van der Waals surface area contributed by atoms with Crippen LogP contribution in [-0.4, -0.2) is 94.6 Å². The number of likely N-dealkylation sites (tertiary alicyclic amines) is 1. The number of fused-ring (bicyclic) bond motifs is 3. The van der Waals surface area contributed by atoms with Gasteiger partial charge in [0, 0.05) is 91.2 Å². The van der Waals surface area contributed by atoms with Crippen molar-refractivity contribution in [3.05, 3.63) is 98.9 Å². The second-order valence-electron chi connectivity index (χ2n) is 17.8. The maximum Gasteiger partial charge on any atom is 0.262 e. The first kappa shape index (κ1) is 37.0. The van der Waals surface area contributed by atoms with E-state index < -0.39 is 23.8 Å². The molecule has 3 aromatic rings. The van der Waals surface area contributed by atoms with Crippen molar-refractivity contribution in [2.24, 2.45) is 11.3 Å². The van der Waals surface area contributed by atoms with Crippen LogP contribution >= 0.6 is 11.6 Å². The number of piperidine rings is 2. The summed E-state index contributed by atoms with van der Waals surface area (Å²) in [5.74, 6) is -1.28. The molecule has 1 saturated carbocycles. The normalized spacial score (nSPS) is 26.7. The molecule has 3 aromatic carbocycles. The molecule has 5 fully saturated rings. The van der Waals surface area contributed by atoms with E-state index in [1.54, 1.807) is 0 Å². The fourth-order valence-electron chi connectivity index (χ4n) is 11.4. The summed E-state index contributed by atoms with van der Waals surface area (Å²) in [6, 6.07) is 17.9. The molecule has 0 aromatic heterocycles. The molecule has 5 amide bonds. The number of carbonyl (C=O) groups excluding carboxylic acids is 5. The van der Waals surface area contributed by atoms with Crippen molar-refractivity contribution in [1.29, 1.82) is 0 Å². The minimum atomic E-state index is -0.961. The topological polar surface area (TPSA) is 118 Å². The predicted molar refractivity (Wildman–Crippen MR) is 218 cm³/mol. The van der Waals surface area contributed by atoms with E-state index in [0.717, 1.165) is 97.7 Å². The molecule has 58 heavy (non-hydrogen) atoms. The Labute approximate surface area is 342 Å². The third-order valence-corrected chi connectivity index (χ3v) is 14.7. The Morgan fingerprint density at radius 2 is 1.55 bits per heavy atom. The Kier molecular flexibility index (Phi) is 8.91. The third-order valence-electron chi connectivity index (χ3n) is 14.4. The van der Waals surface area contributed by atoms with Crippen LogP contribution in [0, 0.1) is 17.9 Å². The van der Waals surface area contributed by atoms with Crippen LogP contribution in [0.5, 0.6) is 0 Å². The fraction of sp³-hybridized carbons (Fsp3) is 0.467. The molecular formula is C45H46ClN7O5. The molecule has 10 rings (SSSR count). The zero-order valence-electron chi connectivity index (χ0n) is 32.6. The molecular weight excluding hydrogens is 754 g/mol. The zero-order valence-corrected chi connectivity index (χ0v) is 33.3. The zero-order chi connectivity index (χ0) is 40.0. The van der Waals surface area contributed by atoms with Crippen molar-refractivity contribution in [3.8, 4) is 0 Å². The Morgan fingerprint density at radius 1 is 0.879 bits per heavy atom. The minimum Gasteiger partial charge on any atom is -0.371 e. The number of halogens is 1. The second kappa shape index (κ2) is 13.9. The third kappa shape index (κ3) is 6.08. The summed E-state index contributed by atoms with van der Waals surface area (Å²) in [6.07, 6.45) is 6.60. The summed E-state index contributed by atoms with van der Waals surface area (Å²) in [7, 11) is 0. The van der Waals surface area contributed by atoms with Crippen LogP contribution in [0.3, 0.4) is 0 Å². The summed E-state index contributed by atoms with van der Waals surface area (Å²) in [5, 5.41) is 2.77. The van der Waals surface area contributed by atoms with Gasteiger partial charge < -0.3 is 14.7 Å². The molecule has 12 nitrogen and oxygen atoms in total. The lowest BCUT2D eigenvalue weighted by atomic mass is 9.67. The number of anilines is 2. The number of imide groups is 2. The Bertz CT molecular complexity index is 2260. The number of nitrogens with one attached hydrogen (secondary N) is 1. The maximum atomic E-state index is 13.6. The average Bonchev–Trinajstić information content (AvgIpc) is 3.86. The summed E-state index contributed by atoms with van der Waals surface area (Å²) >= 11 is 6.42. The fourth-order valence-corrected chi connectivity index (χ4v) is 11.6. The van der Waals surface area contributed by atoms with Gasteiger partial charge in [-0.2, -0.15) is 0 Å². The maximum absolute atomic E-state index is 13.6. The highest BCUT2D eigenvalue weighted by molar-refractivity contribution is 6.33. The van der Waals surface area contributed by atoms with E-state index in [2.05, 4.69) is 43.9 Å². The van der Waals surface area contributed by atoms with Gasteiger partial charge in [-0.3, -0.25) is 39.1 Å². The first-order valence-corrected chi connectivity index (χ1v) is 21.1. The number of nitrogens with zero attached hydrogens (tertiary/aromatic N) is 6. The lowest BCUT2D eigenvalue weighted by Crippen LogP contribution is -2.60. The van der Waals surface area contributed by atoms with E-state index in [0.29, 0.717) is 59.0 Å². The molecule has 6 aliphatic heterocycles. The van der Waals surface area contributed by atoms with Gasteiger partial charge in [0.1, 0.15) is 6.04 Å². The number of amides is 5. The number of hydrogen-bond donors (Lipinski definition) is 1. The van der Waals surface area contributed by atoms with E-state index in [1.165, 1.54) is 0 Å². The van der Waals surface area contributed by atoms with Crippen LogP contribution in [0.15, 0.2) is 54.6 Å². The van der Waals surface area contributed by atoms with Crippen LogP contribution in [0.2, 0.25) is 5.02 Å². The quantitative estimate of drug-likeness (QED) is 0.240. The van der Waals surface area contributed by atoms with Gasteiger partial charge in [-0.1, -0.05) is 17.7 Å². The highest BCUT2D eigenvalue weighted by Gasteiger charge is 2.49. The predicted octanol–water partition coefficient (Wildman–Crippen LogP) is 6.19. The van der Waals surface area contributed by atoms with Crippen molar-refractivity contribution < 1.29 is 24.0 Å². The Morgan fingerprint density at radius 3 is 2.19 bits per heavy atom. The minimum absolute atomic E-state index is 0.0992. The molecule has 0 radical (unpaired) electrons. The summed E-state index contributed by atoms with van der Waals surface area (Å²) in [4.78, 5) is 78.5. The summed E-state index contributed by atoms with van der Waals surface area (Å²) in [6.45, 7) is 14.5. The van der Waals surface area contributed by atoms with Gasteiger partial charge in [0.15, 0.2) is 0 Å². The highest BCUT2D eigenvalue weighted by Crippen LogP contribution is 2.47. The Balaban J connectivity index is 0.709. The summed E-state index contributed by atoms with van der Waals surface area (Å²) < 4.78 is 0. The SMILES string of the molecule is [C-]#[N+]c1ccc(N2C3CCN(c4ccc(C(=O)N5CC6(CCC(N7Cc8cc9c(cc8C7)C(=O)N(C7CCC(=O)NC7=O)C9=O)CC6)C5)cc4)CC3C[C@@H]2C)cc1Cl. The van der Waals surface area contributed by atoms with Gasteiger partial charge in [-0.25, -0.2) is 4.85 Å². The first-order chi connectivity index (χ1) is 28.0. The van der Waals surface area contributed by atoms with Gasteiger partial charge in [0.05, 0.1) is 17.7 Å². The van der Waals surface area contributed by atoms with E-state index in [-0.39, 0.29) is 30.1 Å². The number of carbonyl (C=O) groups is 5. The van der Waals surface area contributed by atoms with Crippen molar-refractivity contribution >= 4 is 58.2 Å². The van der Waals surface area contributed by atoms with Gasteiger partial charge in [0.2, 0.25) is 17.5 Å². The monoisotopic (exact) mass is 799 g/mol. The van der Waals surface area contributed by atoms with Crippen molar-refractivity contribution in [2.75, 3.05) is 36.0 Å². The van der Waals surface area contributed by atoms with Gasteiger partial charge >= 0.3 is 0 Å². The van der Waals surface area contributed by atoms with Crippen LogP contribution in [0.25, 0.3) is 4.85 Å². The largest absolute Gasteiger partial charge is 0.371 e. The molecule has 0 bridgehead atoms. The molecule has 298 valence electrons. The lowest BCUT2D eigenvalue weighted by molar-refractivity contribution is -0.136. The second-order valence-corrected chi connectivity index (χ2v) is 18.2. The standard InChI is InChI=1S/C45H46ClN7O5/c1-26-17-30-23-49(16-13-38(30)52(26)33-7-8-37(47-2)36(46)20-33)31-5-3-27(4-6-31)42(56)51-24-45(25-51)14-11-32(12-15-45)50-21-28-18-34-35(19-29(28)22-50)44(58)53(43(34)57)39-9-10-40(54)48-41(39)55/h3-8,18-20,26,30,32,38-39H,9-17,21-25H2,1H3,(H,48,54,55)/t26-,30?,38?,39?/m0/s1. The molecule has 6 heterocycles. The van der Waals surface area contributed by atoms with Crippen LogP contribution < -0.4 is 15.1 Å². The number of rotatable bonds is 5. The van der Waals surface area contributed by atoms with Crippen LogP contribution in [0.1, 0.15) is 100 Å². The van der Waals surface area contributed by atoms with Gasteiger partial charge in [-0.15, -0.1) is 0 Å². The molecule has 4 atom stereocenters. The van der Waals surface area contributed by atoms with E-state index >= 15 is 0 Å². The van der Waals surface area contributed by atoms with E-state index in [4.69, 9.17) is 18.2 Å². The van der Waals surface area contributed by atoms with Crippen molar-refractivity contribution in [1.82, 2.24) is 20.0 Å². The van der Waals surface area contributed by atoms with E-state index in [1.807, 2.05) is 47.4 Å². The van der Waals surface area contributed by atoms with Crippen molar-refractivity contribution in [3.63, 3.8) is 0 Å². The molecule has 1 spiro atoms. The smallest absolute Gasteiger partial charge is 0.262 e. The molecule has 1 N–H and O–H groups in total. The number of benzene rings is 3. The number of hydrogen-bond acceptors (Lipinski definition) is 8. The molecule has 1 aliphatic carbocycles. The van der Waals surface area contributed by atoms with Crippen molar-refractivity contribution in [2.45, 2.75) is 95.5 Å². The Hall–Kier alpha value is -5.25. The first-order valence-electron chi connectivity index (χ1n) is 20.7. The molecule has 3 unspecified atom stereocenters. The van der Waals surface area contributed by atoms with Crippen LogP contribution in [-0.2, 0) is 22.7 Å². The molecule has 13 heteroatoms. The van der Waals surface area contributed by atoms with Gasteiger partial charge in [0.25, 0.3) is 17.7 Å².